The first-order valence-electron chi connectivity index (χ1n) is 6.93. The maximum Gasteiger partial charge on any atom is 0.227 e. The topological polar surface area (TPSA) is 77.0 Å². The van der Waals surface area contributed by atoms with Crippen molar-refractivity contribution in [2.45, 2.75) is 0 Å². The van der Waals surface area contributed by atoms with E-state index in [1.54, 1.807) is 37.8 Å². The summed E-state index contributed by atoms with van der Waals surface area (Å²) >= 11 is 0. The van der Waals surface area contributed by atoms with Gasteiger partial charge in [-0.1, -0.05) is 12.1 Å². The third kappa shape index (κ3) is 3.49. The molecule has 0 unspecified atom stereocenters. The molecule has 1 aromatic carbocycles. The third-order valence-corrected chi connectivity index (χ3v) is 3.24. The molecule has 114 valence electrons. The Balaban J connectivity index is 1.74. The van der Waals surface area contributed by atoms with Gasteiger partial charge >= 0.3 is 0 Å². The molecule has 6 nitrogen and oxygen atoms in total. The van der Waals surface area contributed by atoms with Crippen molar-refractivity contribution in [1.82, 2.24) is 15.0 Å². The Morgan fingerprint density at radius 3 is 2.22 bits per heavy atom. The van der Waals surface area contributed by atoms with Gasteiger partial charge in [-0.15, -0.1) is 0 Å². The maximum absolute atomic E-state index is 10.6. The lowest BCUT2D eigenvalue weighted by molar-refractivity contribution is 0.111. The number of nitrogens with zero attached hydrogens (tertiary/aromatic N) is 3. The average Bonchev–Trinajstić information content (AvgIpc) is 2.63. The van der Waals surface area contributed by atoms with E-state index in [2.05, 4.69) is 20.3 Å². The number of ether oxygens (including phenoxy) is 1. The summed E-state index contributed by atoms with van der Waals surface area (Å²) < 4.78 is 5.14. The molecule has 6 heteroatoms. The van der Waals surface area contributed by atoms with Crippen LogP contribution in [-0.2, 0) is 0 Å². The molecule has 0 spiro atoms. The molecule has 3 aromatic rings. The Labute approximate surface area is 133 Å². The van der Waals surface area contributed by atoms with Gasteiger partial charge in [0.25, 0.3) is 0 Å². The van der Waals surface area contributed by atoms with Gasteiger partial charge in [0.2, 0.25) is 5.95 Å². The molecule has 3 rings (SSSR count). The minimum atomic E-state index is 0.381. The van der Waals surface area contributed by atoms with Crippen molar-refractivity contribution in [1.29, 1.82) is 0 Å². The quantitative estimate of drug-likeness (QED) is 0.730. The number of methoxy groups -OCH3 is 1. The molecule has 1 N–H and O–H groups in total. The predicted molar refractivity (Wildman–Crippen MR) is 86.9 cm³/mol. The number of anilines is 2. The molecule has 0 bridgehead atoms. The van der Waals surface area contributed by atoms with Crippen molar-refractivity contribution in [3.05, 3.63) is 60.7 Å². The van der Waals surface area contributed by atoms with Crippen LogP contribution in [-0.4, -0.2) is 28.3 Å². The van der Waals surface area contributed by atoms with E-state index >= 15 is 0 Å². The molecular formula is C17H14N4O2. The van der Waals surface area contributed by atoms with Crippen molar-refractivity contribution in [2.75, 3.05) is 12.4 Å². The van der Waals surface area contributed by atoms with Gasteiger partial charge in [-0.25, -0.2) is 9.97 Å². The summed E-state index contributed by atoms with van der Waals surface area (Å²) in [6, 6.07) is 11.1. The van der Waals surface area contributed by atoms with Crippen LogP contribution < -0.4 is 10.1 Å². The summed E-state index contributed by atoms with van der Waals surface area (Å²) in [7, 11) is 1.63. The van der Waals surface area contributed by atoms with Gasteiger partial charge in [0.05, 0.1) is 19.0 Å². The monoisotopic (exact) mass is 306 g/mol. The molecule has 0 saturated carbocycles. The Bertz CT molecular complexity index is 784. The highest BCUT2D eigenvalue weighted by atomic mass is 16.5. The van der Waals surface area contributed by atoms with E-state index in [0.29, 0.717) is 23.6 Å². The first-order valence-corrected chi connectivity index (χ1v) is 6.93. The first-order chi connectivity index (χ1) is 11.3. The van der Waals surface area contributed by atoms with Crippen LogP contribution >= 0.6 is 0 Å². The van der Waals surface area contributed by atoms with Gasteiger partial charge < -0.3 is 10.1 Å². The minimum Gasteiger partial charge on any atom is -0.497 e. The standard InChI is InChI=1S/C17H14N4O2/c1-23-16-6-2-12(3-7-16)13-8-19-17(20-9-13)21-14-4-5-15(11-22)18-10-14/h2-11H,1H3,(H,19,20,21). The Kier molecular flexibility index (Phi) is 4.24. The van der Waals surface area contributed by atoms with E-state index in [1.165, 1.54) is 0 Å². The second-order valence-corrected chi connectivity index (χ2v) is 4.74. The van der Waals surface area contributed by atoms with E-state index in [-0.39, 0.29) is 0 Å². The van der Waals surface area contributed by atoms with Gasteiger partial charge in [0, 0.05) is 18.0 Å². The van der Waals surface area contributed by atoms with Crippen LogP contribution in [0.2, 0.25) is 0 Å². The number of carbonyl (C=O) groups excluding carboxylic acids is 1. The van der Waals surface area contributed by atoms with Gasteiger partial charge in [-0.3, -0.25) is 9.78 Å². The second kappa shape index (κ2) is 6.65. The molecule has 23 heavy (non-hydrogen) atoms. The summed E-state index contributed by atoms with van der Waals surface area (Å²) in [5.41, 5.74) is 3.01. The molecule has 2 aromatic heterocycles. The van der Waals surface area contributed by atoms with Crippen LogP contribution in [0, 0.1) is 0 Å². The summed E-state index contributed by atoms with van der Waals surface area (Å²) in [5.74, 6) is 1.27. The van der Waals surface area contributed by atoms with Crippen LogP contribution in [0.15, 0.2) is 55.0 Å². The molecule has 0 saturated heterocycles. The highest BCUT2D eigenvalue weighted by molar-refractivity contribution is 5.72. The van der Waals surface area contributed by atoms with Crippen molar-refractivity contribution < 1.29 is 9.53 Å². The van der Waals surface area contributed by atoms with Crippen molar-refractivity contribution >= 4 is 17.9 Å². The minimum absolute atomic E-state index is 0.381. The largest absolute Gasteiger partial charge is 0.497 e. The van der Waals surface area contributed by atoms with E-state index in [9.17, 15) is 4.79 Å². The van der Waals surface area contributed by atoms with Gasteiger partial charge in [0.1, 0.15) is 11.4 Å². The van der Waals surface area contributed by atoms with Crippen LogP contribution in [0.4, 0.5) is 11.6 Å². The highest BCUT2D eigenvalue weighted by Gasteiger charge is 2.02. The van der Waals surface area contributed by atoms with Crippen molar-refractivity contribution in [3.8, 4) is 16.9 Å². The van der Waals surface area contributed by atoms with Crippen molar-refractivity contribution in [3.63, 3.8) is 0 Å². The summed E-state index contributed by atoms with van der Waals surface area (Å²) in [6.07, 6.45) is 5.74. The fourth-order valence-corrected chi connectivity index (χ4v) is 2.00. The van der Waals surface area contributed by atoms with Crippen LogP contribution in [0.25, 0.3) is 11.1 Å². The molecule has 0 aliphatic rings. The Hall–Kier alpha value is -3.28. The number of benzene rings is 1. The molecule has 0 atom stereocenters. The predicted octanol–water partition coefficient (Wildman–Crippen LogP) is 3.10. The SMILES string of the molecule is COc1ccc(-c2cnc(Nc3ccc(C=O)nc3)nc2)cc1. The van der Waals surface area contributed by atoms with Gasteiger partial charge in [0.15, 0.2) is 6.29 Å². The zero-order chi connectivity index (χ0) is 16.1. The van der Waals surface area contributed by atoms with Gasteiger partial charge in [-0.2, -0.15) is 0 Å². The zero-order valence-electron chi connectivity index (χ0n) is 12.4. The van der Waals surface area contributed by atoms with E-state index in [4.69, 9.17) is 4.74 Å². The molecule has 0 amide bonds. The molecule has 0 radical (unpaired) electrons. The van der Waals surface area contributed by atoms with Crippen molar-refractivity contribution in [2.24, 2.45) is 0 Å². The zero-order valence-corrected chi connectivity index (χ0v) is 12.4. The average molecular weight is 306 g/mol. The number of carbonyl (C=O) groups is 1. The maximum atomic E-state index is 10.6. The molecule has 0 fully saturated rings. The van der Waals surface area contributed by atoms with Crippen LogP contribution in [0.1, 0.15) is 10.5 Å². The number of hydrogen-bond acceptors (Lipinski definition) is 6. The third-order valence-electron chi connectivity index (χ3n) is 3.24. The lowest BCUT2D eigenvalue weighted by Gasteiger charge is -2.06. The molecular weight excluding hydrogens is 292 g/mol. The normalized spacial score (nSPS) is 10.1. The summed E-state index contributed by atoms with van der Waals surface area (Å²) in [4.78, 5) is 23.1. The molecule has 2 heterocycles. The molecule has 0 aliphatic carbocycles. The fourth-order valence-electron chi connectivity index (χ4n) is 2.00. The number of rotatable bonds is 5. The smallest absolute Gasteiger partial charge is 0.227 e. The molecule has 0 aliphatic heterocycles. The first kappa shape index (κ1) is 14.6. The van der Waals surface area contributed by atoms with E-state index < -0.39 is 0 Å². The van der Waals surface area contributed by atoms with E-state index in [0.717, 1.165) is 16.9 Å². The number of pyridine rings is 1. The summed E-state index contributed by atoms with van der Waals surface area (Å²) in [5, 5.41) is 3.03. The second-order valence-electron chi connectivity index (χ2n) is 4.74. The Morgan fingerprint density at radius 2 is 1.65 bits per heavy atom. The number of nitrogens with one attached hydrogen (secondary N) is 1. The van der Waals surface area contributed by atoms with Crippen LogP contribution in [0.3, 0.4) is 0 Å². The lowest BCUT2D eigenvalue weighted by atomic mass is 10.1. The number of aromatic nitrogens is 3. The lowest BCUT2D eigenvalue weighted by Crippen LogP contribution is -1.98. The fraction of sp³-hybridized carbons (Fsp3) is 0.0588. The number of aldehydes is 1. The highest BCUT2D eigenvalue weighted by Crippen LogP contribution is 2.22. The summed E-state index contributed by atoms with van der Waals surface area (Å²) in [6.45, 7) is 0. The number of hydrogen-bond donors (Lipinski definition) is 1. The van der Waals surface area contributed by atoms with Crippen LogP contribution in [0.5, 0.6) is 5.75 Å². The van der Waals surface area contributed by atoms with E-state index in [1.807, 2.05) is 24.3 Å². The van der Waals surface area contributed by atoms with Gasteiger partial charge in [-0.05, 0) is 29.8 Å². The Morgan fingerprint density at radius 1 is 0.913 bits per heavy atom.